The van der Waals surface area contributed by atoms with Gasteiger partial charge in [-0.25, -0.2) is 9.97 Å². The first-order valence-corrected chi connectivity index (χ1v) is 9.68. The van der Waals surface area contributed by atoms with Crippen LogP contribution in [0.5, 0.6) is 0 Å². The van der Waals surface area contributed by atoms with E-state index in [0.717, 1.165) is 57.2 Å². The minimum atomic E-state index is 0.818. The molecule has 2 aromatic rings. The van der Waals surface area contributed by atoms with E-state index in [1.165, 1.54) is 35.5 Å². The first-order valence-electron chi connectivity index (χ1n) is 9.68. The molecule has 1 saturated heterocycles. The Hall–Kier alpha value is -1.94. The molecular formula is C21H28N4. The third-order valence-corrected chi connectivity index (χ3v) is 5.50. The van der Waals surface area contributed by atoms with E-state index in [9.17, 15) is 0 Å². The van der Waals surface area contributed by atoms with E-state index >= 15 is 0 Å². The highest BCUT2D eigenvalue weighted by Gasteiger charge is 2.23. The van der Waals surface area contributed by atoms with Crippen LogP contribution in [0.4, 0.5) is 5.82 Å². The fourth-order valence-corrected chi connectivity index (χ4v) is 3.91. The second-order valence-corrected chi connectivity index (χ2v) is 7.47. The van der Waals surface area contributed by atoms with Gasteiger partial charge in [0, 0.05) is 38.0 Å². The van der Waals surface area contributed by atoms with Crippen LogP contribution in [0.15, 0.2) is 30.3 Å². The van der Waals surface area contributed by atoms with Crippen molar-refractivity contribution in [3.8, 4) is 0 Å². The zero-order valence-corrected chi connectivity index (χ0v) is 15.2. The van der Waals surface area contributed by atoms with Crippen molar-refractivity contribution >= 4 is 5.82 Å². The fourth-order valence-electron chi connectivity index (χ4n) is 3.91. The zero-order valence-electron chi connectivity index (χ0n) is 15.2. The molecule has 3 heterocycles. The van der Waals surface area contributed by atoms with Crippen molar-refractivity contribution in [3.05, 3.63) is 53.0 Å². The lowest BCUT2D eigenvalue weighted by Crippen LogP contribution is -2.35. The van der Waals surface area contributed by atoms with Crippen LogP contribution < -0.4 is 10.2 Å². The Balaban J connectivity index is 1.68. The summed E-state index contributed by atoms with van der Waals surface area (Å²) in [6, 6.07) is 10.6. The van der Waals surface area contributed by atoms with Gasteiger partial charge in [-0.15, -0.1) is 0 Å². The van der Waals surface area contributed by atoms with Crippen LogP contribution in [-0.2, 0) is 19.3 Å². The maximum absolute atomic E-state index is 5.06. The summed E-state index contributed by atoms with van der Waals surface area (Å²) in [4.78, 5) is 12.5. The van der Waals surface area contributed by atoms with Gasteiger partial charge in [-0.05, 0) is 37.3 Å². The summed E-state index contributed by atoms with van der Waals surface area (Å²) in [7, 11) is 0. The van der Waals surface area contributed by atoms with Gasteiger partial charge < -0.3 is 10.2 Å². The van der Waals surface area contributed by atoms with Gasteiger partial charge in [0.15, 0.2) is 0 Å². The molecule has 4 heteroatoms. The van der Waals surface area contributed by atoms with Crippen molar-refractivity contribution in [1.82, 2.24) is 15.3 Å². The van der Waals surface area contributed by atoms with E-state index in [-0.39, 0.29) is 0 Å². The number of fused-ring (bicyclic) bond motifs is 1. The van der Waals surface area contributed by atoms with Crippen LogP contribution in [0.25, 0.3) is 0 Å². The van der Waals surface area contributed by atoms with Crippen molar-refractivity contribution < 1.29 is 0 Å². The average Bonchev–Trinajstić information content (AvgIpc) is 2.88. The predicted octanol–water partition coefficient (Wildman–Crippen LogP) is 2.99. The molecule has 2 aliphatic rings. The van der Waals surface area contributed by atoms with E-state index in [0.29, 0.717) is 0 Å². The highest BCUT2D eigenvalue weighted by Crippen LogP contribution is 2.28. The number of nitrogens with one attached hydrogen (secondary N) is 1. The van der Waals surface area contributed by atoms with Crippen LogP contribution in [-0.4, -0.2) is 36.1 Å². The molecule has 0 aliphatic carbocycles. The highest BCUT2D eigenvalue weighted by atomic mass is 15.2. The number of benzene rings is 1. The monoisotopic (exact) mass is 336 g/mol. The summed E-state index contributed by atoms with van der Waals surface area (Å²) in [6.45, 7) is 6.67. The molecular weight excluding hydrogens is 308 g/mol. The number of aromatic nitrogens is 2. The molecule has 0 spiro atoms. The third-order valence-electron chi connectivity index (χ3n) is 5.50. The molecule has 2 aliphatic heterocycles. The molecule has 132 valence electrons. The number of hydrogen-bond donors (Lipinski definition) is 1. The van der Waals surface area contributed by atoms with Crippen LogP contribution in [0.1, 0.15) is 42.4 Å². The Morgan fingerprint density at radius 1 is 1.04 bits per heavy atom. The lowest BCUT2D eigenvalue weighted by Gasteiger charge is -2.33. The van der Waals surface area contributed by atoms with Gasteiger partial charge in [-0.1, -0.05) is 37.3 Å². The fraction of sp³-hybridized carbons (Fsp3) is 0.524. The molecule has 0 radical (unpaired) electrons. The normalized spacial score (nSPS) is 18.7. The van der Waals surface area contributed by atoms with Crippen LogP contribution >= 0.6 is 0 Å². The summed E-state index contributed by atoms with van der Waals surface area (Å²) < 4.78 is 0. The van der Waals surface area contributed by atoms with Crippen molar-refractivity contribution in [2.45, 2.75) is 39.0 Å². The van der Waals surface area contributed by atoms with Crippen molar-refractivity contribution in [2.24, 2.45) is 5.92 Å². The smallest absolute Gasteiger partial charge is 0.135 e. The molecule has 0 saturated carbocycles. The maximum Gasteiger partial charge on any atom is 0.135 e. The van der Waals surface area contributed by atoms with Gasteiger partial charge in [0.2, 0.25) is 0 Å². The number of nitrogens with zero attached hydrogens (tertiary/aromatic N) is 3. The average molecular weight is 336 g/mol. The summed E-state index contributed by atoms with van der Waals surface area (Å²) >= 11 is 0. The molecule has 4 rings (SSSR count). The van der Waals surface area contributed by atoms with Crippen LogP contribution in [0, 0.1) is 5.92 Å². The first-order chi connectivity index (χ1) is 12.3. The molecule has 0 amide bonds. The Labute approximate surface area is 150 Å². The molecule has 1 aromatic heterocycles. The molecule has 1 N–H and O–H groups in total. The third kappa shape index (κ3) is 3.84. The summed E-state index contributed by atoms with van der Waals surface area (Å²) in [5.41, 5.74) is 3.93. The quantitative estimate of drug-likeness (QED) is 0.935. The van der Waals surface area contributed by atoms with Gasteiger partial charge in [-0.2, -0.15) is 0 Å². The van der Waals surface area contributed by atoms with Crippen molar-refractivity contribution in [2.75, 3.05) is 31.1 Å². The summed E-state index contributed by atoms with van der Waals surface area (Å²) in [6.07, 6.45) is 5.41. The molecule has 4 nitrogen and oxygen atoms in total. The van der Waals surface area contributed by atoms with Gasteiger partial charge >= 0.3 is 0 Å². The zero-order chi connectivity index (χ0) is 17.1. The van der Waals surface area contributed by atoms with Gasteiger partial charge in [0.05, 0.1) is 5.69 Å². The molecule has 1 fully saturated rings. The summed E-state index contributed by atoms with van der Waals surface area (Å²) in [5, 5.41) is 3.51. The molecule has 25 heavy (non-hydrogen) atoms. The standard InChI is InChI=1S/C21H28N4/c1-16-9-13-25(14-10-16)21-18-7-11-22-12-8-19(18)23-20(24-21)15-17-5-3-2-4-6-17/h2-6,16,22H,7-15H2,1H3. The summed E-state index contributed by atoms with van der Waals surface area (Å²) in [5.74, 6) is 3.02. The molecule has 0 bridgehead atoms. The Bertz CT molecular complexity index is 705. The topological polar surface area (TPSA) is 41.1 Å². The number of rotatable bonds is 3. The van der Waals surface area contributed by atoms with E-state index in [4.69, 9.17) is 9.97 Å². The minimum absolute atomic E-state index is 0.818. The van der Waals surface area contributed by atoms with Crippen molar-refractivity contribution in [1.29, 1.82) is 0 Å². The number of anilines is 1. The van der Waals surface area contributed by atoms with Gasteiger partial charge in [0.25, 0.3) is 0 Å². The molecule has 0 unspecified atom stereocenters. The number of hydrogen-bond acceptors (Lipinski definition) is 4. The largest absolute Gasteiger partial charge is 0.356 e. The Kier molecular flexibility index (Phi) is 4.97. The first kappa shape index (κ1) is 16.5. The van der Waals surface area contributed by atoms with E-state index < -0.39 is 0 Å². The molecule has 1 aromatic carbocycles. The minimum Gasteiger partial charge on any atom is -0.356 e. The highest BCUT2D eigenvalue weighted by molar-refractivity contribution is 5.51. The van der Waals surface area contributed by atoms with E-state index in [1.54, 1.807) is 0 Å². The molecule has 0 atom stereocenters. The SMILES string of the molecule is CC1CCN(c2nc(Cc3ccccc3)nc3c2CCNCC3)CC1. The van der Waals surface area contributed by atoms with E-state index in [1.807, 2.05) is 0 Å². The lowest BCUT2D eigenvalue weighted by molar-refractivity contribution is 0.435. The Morgan fingerprint density at radius 3 is 2.60 bits per heavy atom. The van der Waals surface area contributed by atoms with E-state index in [2.05, 4.69) is 47.5 Å². The van der Waals surface area contributed by atoms with Gasteiger partial charge in [-0.3, -0.25) is 0 Å². The van der Waals surface area contributed by atoms with Crippen LogP contribution in [0.2, 0.25) is 0 Å². The second-order valence-electron chi connectivity index (χ2n) is 7.47. The lowest BCUT2D eigenvalue weighted by atomic mass is 9.98. The van der Waals surface area contributed by atoms with Crippen molar-refractivity contribution in [3.63, 3.8) is 0 Å². The predicted molar refractivity (Wildman–Crippen MR) is 102 cm³/mol. The maximum atomic E-state index is 5.06. The second kappa shape index (κ2) is 7.52. The Morgan fingerprint density at radius 2 is 1.80 bits per heavy atom. The van der Waals surface area contributed by atoms with Crippen LogP contribution in [0.3, 0.4) is 0 Å². The number of piperidine rings is 1. The van der Waals surface area contributed by atoms with Gasteiger partial charge in [0.1, 0.15) is 11.6 Å².